The predicted molar refractivity (Wildman–Crippen MR) is 58.2 cm³/mol. The monoisotopic (exact) mass is 290 g/mol. The van der Waals surface area contributed by atoms with E-state index in [-0.39, 0.29) is 15.7 Å². The van der Waals surface area contributed by atoms with Gasteiger partial charge in [-0.25, -0.2) is 4.79 Å². The van der Waals surface area contributed by atoms with Gasteiger partial charge in [-0.1, -0.05) is 0 Å². The highest BCUT2D eigenvalue weighted by Crippen LogP contribution is 2.40. The Bertz CT molecular complexity index is 474. The van der Waals surface area contributed by atoms with E-state index in [9.17, 15) is 20.0 Å². The number of methoxy groups -OCH3 is 1. The SMILES string of the molecule is COC(=O)c1cc(Br)c(N)c([N+](=O)[O-])c1O. The molecule has 0 amide bonds. The number of nitrogens with two attached hydrogens (primary N) is 1. The Morgan fingerprint density at radius 3 is 2.69 bits per heavy atom. The lowest BCUT2D eigenvalue weighted by molar-refractivity contribution is -0.385. The summed E-state index contributed by atoms with van der Waals surface area (Å²) in [5.41, 5.74) is 4.09. The largest absolute Gasteiger partial charge is 0.501 e. The number of halogens is 1. The summed E-state index contributed by atoms with van der Waals surface area (Å²) in [6.07, 6.45) is 0. The Morgan fingerprint density at radius 1 is 1.69 bits per heavy atom. The van der Waals surface area contributed by atoms with E-state index in [4.69, 9.17) is 5.73 Å². The van der Waals surface area contributed by atoms with Crippen molar-refractivity contribution in [3.05, 3.63) is 26.2 Å². The summed E-state index contributed by atoms with van der Waals surface area (Å²) in [6, 6.07) is 1.16. The maximum Gasteiger partial charge on any atom is 0.341 e. The molecule has 86 valence electrons. The van der Waals surface area contributed by atoms with Crippen molar-refractivity contribution >= 4 is 33.3 Å². The van der Waals surface area contributed by atoms with Crippen molar-refractivity contribution in [1.82, 2.24) is 0 Å². The molecule has 7 nitrogen and oxygen atoms in total. The number of hydrogen-bond acceptors (Lipinski definition) is 6. The molecule has 0 aliphatic rings. The number of ether oxygens (including phenoxy) is 1. The lowest BCUT2D eigenvalue weighted by Crippen LogP contribution is -2.05. The number of nitro groups is 1. The zero-order chi connectivity index (χ0) is 12.5. The first-order chi connectivity index (χ1) is 7.40. The second-order valence-electron chi connectivity index (χ2n) is 2.77. The van der Waals surface area contributed by atoms with Gasteiger partial charge >= 0.3 is 11.7 Å². The Balaban J connectivity index is 3.56. The van der Waals surface area contributed by atoms with Gasteiger partial charge in [-0.3, -0.25) is 10.1 Å². The van der Waals surface area contributed by atoms with Crippen molar-refractivity contribution in [3.8, 4) is 5.75 Å². The van der Waals surface area contributed by atoms with E-state index < -0.39 is 22.3 Å². The standard InChI is InChI=1S/C8H7BrN2O5/c1-16-8(13)3-2-4(9)5(10)6(7(3)12)11(14)15/h2,12H,10H2,1H3. The van der Waals surface area contributed by atoms with Crippen LogP contribution in [-0.4, -0.2) is 23.1 Å². The Hall–Kier alpha value is -1.83. The van der Waals surface area contributed by atoms with Crippen molar-refractivity contribution in [2.75, 3.05) is 12.8 Å². The summed E-state index contributed by atoms with van der Waals surface area (Å²) in [4.78, 5) is 21.0. The molecule has 0 saturated carbocycles. The second-order valence-corrected chi connectivity index (χ2v) is 3.62. The minimum absolute atomic E-state index is 0.136. The molecule has 0 bridgehead atoms. The molecule has 0 aliphatic carbocycles. The average Bonchev–Trinajstić information content (AvgIpc) is 2.22. The fourth-order valence-corrected chi connectivity index (χ4v) is 1.51. The minimum atomic E-state index is -0.888. The van der Waals surface area contributed by atoms with Crippen LogP contribution < -0.4 is 5.73 Å². The molecule has 16 heavy (non-hydrogen) atoms. The number of benzene rings is 1. The molecule has 1 aromatic rings. The van der Waals surface area contributed by atoms with E-state index in [0.29, 0.717) is 0 Å². The third kappa shape index (κ3) is 1.91. The first-order valence-corrected chi connectivity index (χ1v) is 4.73. The molecular weight excluding hydrogens is 284 g/mol. The van der Waals surface area contributed by atoms with Gasteiger partial charge in [0.2, 0.25) is 5.75 Å². The fraction of sp³-hybridized carbons (Fsp3) is 0.125. The van der Waals surface area contributed by atoms with Gasteiger partial charge in [-0.15, -0.1) is 0 Å². The summed E-state index contributed by atoms with van der Waals surface area (Å²) in [5.74, 6) is -1.70. The number of phenolic OH excluding ortho intramolecular Hbond substituents is 1. The number of hydrogen-bond donors (Lipinski definition) is 2. The van der Waals surface area contributed by atoms with Crippen molar-refractivity contribution in [1.29, 1.82) is 0 Å². The van der Waals surface area contributed by atoms with E-state index in [2.05, 4.69) is 20.7 Å². The van der Waals surface area contributed by atoms with Gasteiger partial charge in [0.15, 0.2) is 0 Å². The average molecular weight is 291 g/mol. The summed E-state index contributed by atoms with van der Waals surface area (Å²) in [6.45, 7) is 0. The quantitative estimate of drug-likeness (QED) is 0.368. The molecule has 1 aromatic carbocycles. The van der Waals surface area contributed by atoms with Gasteiger partial charge < -0.3 is 15.6 Å². The lowest BCUT2D eigenvalue weighted by Gasteiger charge is -2.06. The Labute approximate surface area is 98.1 Å². The molecule has 8 heteroatoms. The van der Waals surface area contributed by atoms with Crippen LogP contribution in [0.25, 0.3) is 0 Å². The van der Waals surface area contributed by atoms with E-state index in [1.165, 1.54) is 0 Å². The molecule has 1 rings (SSSR count). The highest BCUT2D eigenvalue weighted by molar-refractivity contribution is 9.10. The molecule has 0 aromatic heterocycles. The fourth-order valence-electron chi connectivity index (χ4n) is 1.09. The number of carbonyl (C=O) groups is 1. The summed E-state index contributed by atoms with van der Waals surface area (Å²) < 4.78 is 4.50. The number of phenols is 1. The first-order valence-electron chi connectivity index (χ1n) is 3.93. The number of nitrogen functional groups attached to an aromatic ring is 1. The van der Waals surface area contributed by atoms with Crippen LogP contribution in [0.2, 0.25) is 0 Å². The third-order valence-corrected chi connectivity index (χ3v) is 2.51. The zero-order valence-electron chi connectivity index (χ0n) is 8.06. The summed E-state index contributed by atoms with van der Waals surface area (Å²) in [7, 11) is 1.10. The first kappa shape index (κ1) is 12.2. The number of rotatable bonds is 2. The number of anilines is 1. The van der Waals surface area contributed by atoms with Crippen LogP contribution in [0.3, 0.4) is 0 Å². The van der Waals surface area contributed by atoms with E-state index in [1.54, 1.807) is 0 Å². The summed E-state index contributed by atoms with van der Waals surface area (Å²) >= 11 is 2.95. The molecule has 0 spiro atoms. The normalized spacial score (nSPS) is 9.88. The number of aromatic hydroxyl groups is 1. The van der Waals surface area contributed by atoms with Crippen molar-refractivity contribution < 1.29 is 19.6 Å². The molecule has 0 radical (unpaired) electrons. The molecule has 0 unspecified atom stereocenters. The van der Waals surface area contributed by atoms with Crippen molar-refractivity contribution in [2.45, 2.75) is 0 Å². The molecule has 3 N–H and O–H groups in total. The molecule has 0 saturated heterocycles. The lowest BCUT2D eigenvalue weighted by atomic mass is 10.1. The van der Waals surface area contributed by atoms with Gasteiger partial charge in [-0.2, -0.15) is 0 Å². The zero-order valence-corrected chi connectivity index (χ0v) is 9.65. The summed E-state index contributed by atoms with van der Waals surface area (Å²) in [5, 5.41) is 20.2. The smallest absolute Gasteiger partial charge is 0.341 e. The molecule has 0 heterocycles. The van der Waals surface area contributed by atoms with Gasteiger partial charge in [0.1, 0.15) is 11.3 Å². The van der Waals surface area contributed by atoms with Gasteiger partial charge in [0, 0.05) is 4.47 Å². The number of nitro benzene ring substituents is 1. The van der Waals surface area contributed by atoms with Gasteiger partial charge in [0.05, 0.1) is 12.0 Å². The second kappa shape index (κ2) is 4.35. The molecule has 0 aliphatic heterocycles. The van der Waals surface area contributed by atoms with Crippen molar-refractivity contribution in [2.24, 2.45) is 0 Å². The van der Waals surface area contributed by atoms with Crippen LogP contribution in [0.1, 0.15) is 10.4 Å². The van der Waals surface area contributed by atoms with E-state index in [1.807, 2.05) is 0 Å². The van der Waals surface area contributed by atoms with Crippen LogP contribution >= 0.6 is 15.9 Å². The van der Waals surface area contributed by atoms with Crippen LogP contribution in [-0.2, 0) is 4.74 Å². The van der Waals surface area contributed by atoms with Gasteiger partial charge in [0.25, 0.3) is 0 Å². The number of nitrogens with zero attached hydrogens (tertiary/aromatic N) is 1. The topological polar surface area (TPSA) is 116 Å². The molecular formula is C8H7BrN2O5. The van der Waals surface area contributed by atoms with Crippen LogP contribution in [0, 0.1) is 10.1 Å². The van der Waals surface area contributed by atoms with Gasteiger partial charge in [-0.05, 0) is 22.0 Å². The van der Waals surface area contributed by atoms with Crippen LogP contribution in [0.4, 0.5) is 11.4 Å². The maximum absolute atomic E-state index is 11.2. The number of esters is 1. The van der Waals surface area contributed by atoms with Crippen LogP contribution in [0.15, 0.2) is 10.5 Å². The molecule has 0 fully saturated rings. The highest BCUT2D eigenvalue weighted by atomic mass is 79.9. The van der Waals surface area contributed by atoms with E-state index >= 15 is 0 Å². The molecule has 0 atom stereocenters. The minimum Gasteiger partial charge on any atom is -0.501 e. The maximum atomic E-state index is 11.2. The Morgan fingerprint density at radius 2 is 2.25 bits per heavy atom. The van der Waals surface area contributed by atoms with Crippen LogP contribution in [0.5, 0.6) is 5.75 Å². The highest BCUT2D eigenvalue weighted by Gasteiger charge is 2.27. The predicted octanol–water partition coefficient (Wildman–Crippen LogP) is 1.43. The van der Waals surface area contributed by atoms with E-state index in [0.717, 1.165) is 13.2 Å². The Kier molecular flexibility index (Phi) is 3.33. The third-order valence-electron chi connectivity index (χ3n) is 1.85. The number of carbonyl (C=O) groups excluding carboxylic acids is 1. The van der Waals surface area contributed by atoms with Crippen molar-refractivity contribution in [3.63, 3.8) is 0 Å².